The molecule has 98 valence electrons. The number of aliphatic hydroxyl groups excluding tert-OH is 1. The van der Waals surface area contributed by atoms with Gasteiger partial charge in [-0.2, -0.15) is 0 Å². The smallest absolute Gasteiger partial charge is 0.0538 e. The molecule has 0 radical (unpaired) electrons. The standard InChI is InChI=1S/C14H25NO2/c1-11(2)17-10-13(3-4-13)7-15-6-12-5-14(12,8-15)9-16/h11-12,16H,3-10H2,1-2H3. The van der Waals surface area contributed by atoms with E-state index >= 15 is 0 Å². The van der Waals surface area contributed by atoms with Crippen molar-refractivity contribution in [1.29, 1.82) is 0 Å². The van der Waals surface area contributed by atoms with Crippen LogP contribution >= 0.6 is 0 Å². The number of rotatable bonds is 6. The topological polar surface area (TPSA) is 32.7 Å². The molecule has 1 aliphatic heterocycles. The molecule has 2 unspecified atom stereocenters. The average molecular weight is 239 g/mol. The Bertz CT molecular complexity index is 297. The van der Waals surface area contributed by atoms with Gasteiger partial charge in [0, 0.05) is 30.5 Å². The Balaban J connectivity index is 1.48. The Hall–Kier alpha value is -0.120. The van der Waals surface area contributed by atoms with Crippen molar-refractivity contribution in [2.45, 2.75) is 39.2 Å². The third-order valence-electron chi connectivity index (χ3n) is 4.93. The number of likely N-dealkylation sites (tertiary alicyclic amines) is 1. The summed E-state index contributed by atoms with van der Waals surface area (Å²) in [6.07, 6.45) is 4.26. The summed E-state index contributed by atoms with van der Waals surface area (Å²) in [5.74, 6) is 0.786. The van der Waals surface area contributed by atoms with Crippen molar-refractivity contribution in [1.82, 2.24) is 4.90 Å². The second kappa shape index (κ2) is 3.94. The zero-order valence-corrected chi connectivity index (χ0v) is 11.1. The average Bonchev–Trinajstić information content (AvgIpc) is 3.17. The fourth-order valence-corrected chi connectivity index (χ4v) is 3.41. The maximum absolute atomic E-state index is 9.42. The molecule has 0 bridgehead atoms. The van der Waals surface area contributed by atoms with E-state index in [1.807, 2.05) is 0 Å². The Morgan fingerprint density at radius 1 is 1.41 bits per heavy atom. The minimum absolute atomic E-state index is 0.301. The summed E-state index contributed by atoms with van der Waals surface area (Å²) in [6, 6.07) is 0. The normalized spacial score (nSPS) is 38.5. The molecule has 3 nitrogen and oxygen atoms in total. The lowest BCUT2D eigenvalue weighted by atomic mass is 10.1. The van der Waals surface area contributed by atoms with E-state index in [0.29, 0.717) is 23.5 Å². The molecule has 0 aromatic carbocycles. The summed E-state index contributed by atoms with van der Waals surface area (Å²) in [6.45, 7) is 9.07. The lowest BCUT2D eigenvalue weighted by Crippen LogP contribution is -2.34. The summed E-state index contributed by atoms with van der Waals surface area (Å²) in [4.78, 5) is 2.57. The molecule has 0 aromatic heterocycles. The van der Waals surface area contributed by atoms with E-state index in [2.05, 4.69) is 18.7 Å². The third-order valence-corrected chi connectivity index (χ3v) is 4.93. The summed E-state index contributed by atoms with van der Waals surface area (Å²) >= 11 is 0. The SMILES string of the molecule is CC(C)OCC1(CN2CC3CC3(CO)C2)CC1. The van der Waals surface area contributed by atoms with Crippen LogP contribution in [-0.4, -0.2) is 49.0 Å². The largest absolute Gasteiger partial charge is 0.396 e. The fraction of sp³-hybridized carbons (Fsp3) is 1.00. The molecular weight excluding hydrogens is 214 g/mol. The number of ether oxygens (including phenoxy) is 1. The van der Waals surface area contributed by atoms with Gasteiger partial charge in [0.15, 0.2) is 0 Å². The highest BCUT2D eigenvalue weighted by molar-refractivity contribution is 5.11. The van der Waals surface area contributed by atoms with Crippen LogP contribution in [0.4, 0.5) is 0 Å². The van der Waals surface area contributed by atoms with E-state index < -0.39 is 0 Å². The van der Waals surface area contributed by atoms with Crippen LogP contribution in [0.3, 0.4) is 0 Å². The molecule has 2 saturated carbocycles. The van der Waals surface area contributed by atoms with E-state index in [9.17, 15) is 5.11 Å². The number of hydrogen-bond acceptors (Lipinski definition) is 3. The van der Waals surface area contributed by atoms with E-state index in [1.165, 1.54) is 32.4 Å². The van der Waals surface area contributed by atoms with Gasteiger partial charge in [0.25, 0.3) is 0 Å². The molecule has 1 heterocycles. The lowest BCUT2D eigenvalue weighted by Gasteiger charge is -2.26. The molecule has 17 heavy (non-hydrogen) atoms. The Morgan fingerprint density at radius 3 is 2.71 bits per heavy atom. The number of hydrogen-bond donors (Lipinski definition) is 1. The summed E-state index contributed by atoms with van der Waals surface area (Å²) in [7, 11) is 0. The minimum atomic E-state index is 0.301. The lowest BCUT2D eigenvalue weighted by molar-refractivity contribution is 0.0310. The van der Waals surface area contributed by atoms with E-state index in [4.69, 9.17) is 4.74 Å². The summed E-state index contributed by atoms with van der Waals surface area (Å²) in [5.41, 5.74) is 0.757. The van der Waals surface area contributed by atoms with Crippen LogP contribution in [0.5, 0.6) is 0 Å². The van der Waals surface area contributed by atoms with Crippen molar-refractivity contribution in [2.75, 3.05) is 32.8 Å². The predicted octanol–water partition coefficient (Wildman–Crippen LogP) is 1.51. The molecule has 0 spiro atoms. The first-order valence-electron chi connectivity index (χ1n) is 7.02. The van der Waals surface area contributed by atoms with Gasteiger partial charge in [-0.05, 0) is 39.0 Å². The monoisotopic (exact) mass is 239 g/mol. The highest BCUT2D eigenvalue weighted by Crippen LogP contribution is 2.58. The minimum Gasteiger partial charge on any atom is -0.396 e. The molecule has 3 heteroatoms. The fourth-order valence-electron chi connectivity index (χ4n) is 3.41. The number of piperidine rings is 1. The predicted molar refractivity (Wildman–Crippen MR) is 66.8 cm³/mol. The Morgan fingerprint density at radius 2 is 2.18 bits per heavy atom. The molecule has 3 rings (SSSR count). The van der Waals surface area contributed by atoms with E-state index in [1.54, 1.807) is 0 Å². The van der Waals surface area contributed by atoms with Gasteiger partial charge >= 0.3 is 0 Å². The van der Waals surface area contributed by atoms with Gasteiger partial charge in [0.2, 0.25) is 0 Å². The highest BCUT2D eigenvalue weighted by Gasteiger charge is 2.60. The van der Waals surface area contributed by atoms with Gasteiger partial charge in [-0.1, -0.05) is 0 Å². The first-order chi connectivity index (χ1) is 8.07. The van der Waals surface area contributed by atoms with Crippen molar-refractivity contribution in [3.05, 3.63) is 0 Å². The third kappa shape index (κ3) is 2.25. The van der Waals surface area contributed by atoms with E-state index in [-0.39, 0.29) is 0 Å². The van der Waals surface area contributed by atoms with Gasteiger partial charge < -0.3 is 14.7 Å². The zero-order valence-electron chi connectivity index (χ0n) is 11.1. The highest BCUT2D eigenvalue weighted by atomic mass is 16.5. The molecule has 1 saturated heterocycles. The first-order valence-corrected chi connectivity index (χ1v) is 7.02. The second-order valence-corrected chi connectivity index (χ2v) is 6.95. The van der Waals surface area contributed by atoms with E-state index in [0.717, 1.165) is 19.1 Å². The number of aliphatic hydroxyl groups is 1. The summed E-state index contributed by atoms with van der Waals surface area (Å²) < 4.78 is 5.79. The Kier molecular flexibility index (Phi) is 2.77. The second-order valence-electron chi connectivity index (χ2n) is 6.95. The van der Waals surface area contributed by atoms with Crippen molar-refractivity contribution >= 4 is 0 Å². The molecule has 2 atom stereocenters. The van der Waals surface area contributed by atoms with Gasteiger partial charge in [0.05, 0.1) is 19.3 Å². The van der Waals surface area contributed by atoms with Crippen LogP contribution in [-0.2, 0) is 4.74 Å². The molecule has 0 aromatic rings. The van der Waals surface area contributed by atoms with Crippen LogP contribution in [0, 0.1) is 16.7 Å². The quantitative estimate of drug-likeness (QED) is 0.762. The molecule has 0 amide bonds. The van der Waals surface area contributed by atoms with Crippen molar-refractivity contribution < 1.29 is 9.84 Å². The van der Waals surface area contributed by atoms with Crippen LogP contribution < -0.4 is 0 Å². The van der Waals surface area contributed by atoms with Gasteiger partial charge in [-0.3, -0.25) is 0 Å². The van der Waals surface area contributed by atoms with Crippen LogP contribution in [0.15, 0.2) is 0 Å². The maximum atomic E-state index is 9.42. The summed E-state index contributed by atoms with van der Waals surface area (Å²) in [5, 5.41) is 9.42. The zero-order chi connectivity index (χ0) is 12.1. The maximum Gasteiger partial charge on any atom is 0.0538 e. The number of fused-ring (bicyclic) bond motifs is 1. The molecule has 3 aliphatic rings. The van der Waals surface area contributed by atoms with Gasteiger partial charge in [-0.25, -0.2) is 0 Å². The molecule has 2 aliphatic carbocycles. The first kappa shape index (κ1) is 11.9. The van der Waals surface area contributed by atoms with Crippen molar-refractivity contribution in [3.63, 3.8) is 0 Å². The van der Waals surface area contributed by atoms with Crippen LogP contribution in [0.2, 0.25) is 0 Å². The Labute approximate surface area is 104 Å². The molecular formula is C14H25NO2. The van der Waals surface area contributed by atoms with Crippen LogP contribution in [0.1, 0.15) is 33.1 Å². The van der Waals surface area contributed by atoms with Crippen molar-refractivity contribution in [3.8, 4) is 0 Å². The number of nitrogens with zero attached hydrogens (tertiary/aromatic N) is 1. The van der Waals surface area contributed by atoms with Crippen LogP contribution in [0.25, 0.3) is 0 Å². The molecule has 3 fully saturated rings. The van der Waals surface area contributed by atoms with Gasteiger partial charge in [-0.15, -0.1) is 0 Å². The molecule has 1 N–H and O–H groups in total. The van der Waals surface area contributed by atoms with Crippen molar-refractivity contribution in [2.24, 2.45) is 16.7 Å². The van der Waals surface area contributed by atoms with Gasteiger partial charge in [0.1, 0.15) is 0 Å².